The summed E-state index contributed by atoms with van der Waals surface area (Å²) in [7, 11) is 0. The van der Waals surface area contributed by atoms with Crippen molar-refractivity contribution < 1.29 is 14.3 Å². The monoisotopic (exact) mass is 432 g/mol. The van der Waals surface area contributed by atoms with E-state index in [1.165, 1.54) is 10.5 Å². The highest BCUT2D eigenvalue weighted by atomic mass is 16.5. The van der Waals surface area contributed by atoms with Gasteiger partial charge in [0, 0.05) is 6.07 Å². The van der Waals surface area contributed by atoms with E-state index in [1.54, 1.807) is 29.1 Å². The Morgan fingerprint density at radius 3 is 2.59 bits per heavy atom. The summed E-state index contributed by atoms with van der Waals surface area (Å²) >= 11 is 0. The zero-order chi connectivity index (χ0) is 22.7. The molecule has 0 bridgehead atoms. The van der Waals surface area contributed by atoms with E-state index in [4.69, 9.17) is 4.74 Å². The highest BCUT2D eigenvalue weighted by Crippen LogP contribution is 2.31. The fourth-order valence-electron chi connectivity index (χ4n) is 3.67. The van der Waals surface area contributed by atoms with Gasteiger partial charge in [-0.1, -0.05) is 57.2 Å². The summed E-state index contributed by atoms with van der Waals surface area (Å²) in [6.45, 7) is 7.29. The van der Waals surface area contributed by atoms with Crippen LogP contribution in [0.3, 0.4) is 0 Å². The van der Waals surface area contributed by atoms with Crippen LogP contribution in [0, 0.1) is 0 Å². The summed E-state index contributed by atoms with van der Waals surface area (Å²) in [5.74, 6) is 0.758. The quantitative estimate of drug-likeness (QED) is 0.662. The molecule has 4 rings (SSSR count). The van der Waals surface area contributed by atoms with Crippen molar-refractivity contribution in [3.8, 4) is 5.75 Å². The van der Waals surface area contributed by atoms with Crippen molar-refractivity contribution in [3.63, 3.8) is 0 Å². The highest BCUT2D eigenvalue weighted by molar-refractivity contribution is 6.03. The van der Waals surface area contributed by atoms with Gasteiger partial charge in [-0.3, -0.25) is 14.5 Å². The number of nitrogens with one attached hydrogen (secondary N) is 1. The number of amides is 2. The number of aromatic nitrogens is 2. The van der Waals surface area contributed by atoms with Crippen LogP contribution in [0.15, 0.2) is 60.8 Å². The van der Waals surface area contributed by atoms with Crippen molar-refractivity contribution in [3.05, 3.63) is 71.9 Å². The minimum Gasteiger partial charge on any atom is -0.491 e. The highest BCUT2D eigenvalue weighted by Gasteiger charge is 2.25. The van der Waals surface area contributed by atoms with Crippen LogP contribution in [-0.2, 0) is 21.5 Å². The average Bonchev–Trinajstić information content (AvgIpc) is 3.11. The predicted octanol–water partition coefficient (Wildman–Crippen LogP) is 3.98. The molecule has 2 amide bonds. The molecule has 0 atom stereocenters. The third kappa shape index (κ3) is 4.82. The van der Waals surface area contributed by atoms with Gasteiger partial charge in [-0.25, -0.2) is 4.68 Å². The van der Waals surface area contributed by atoms with Gasteiger partial charge in [0.05, 0.1) is 31.5 Å². The smallest absolute Gasteiger partial charge is 0.245 e. The number of rotatable bonds is 5. The van der Waals surface area contributed by atoms with Gasteiger partial charge < -0.3 is 10.1 Å². The molecule has 32 heavy (non-hydrogen) atoms. The van der Waals surface area contributed by atoms with Crippen LogP contribution in [0.4, 0.5) is 11.5 Å². The molecule has 166 valence electrons. The maximum absolute atomic E-state index is 12.8. The van der Waals surface area contributed by atoms with Gasteiger partial charge in [0.2, 0.25) is 11.8 Å². The summed E-state index contributed by atoms with van der Waals surface area (Å²) in [4.78, 5) is 26.9. The van der Waals surface area contributed by atoms with Gasteiger partial charge in [0.1, 0.15) is 18.1 Å². The zero-order valence-electron chi connectivity index (χ0n) is 18.7. The Balaban J connectivity index is 1.45. The predicted molar refractivity (Wildman–Crippen MR) is 124 cm³/mol. The molecule has 3 aromatic rings. The first-order valence-electron chi connectivity index (χ1n) is 10.7. The molecule has 1 aromatic heterocycles. The molecule has 0 aliphatic carbocycles. The van der Waals surface area contributed by atoms with Gasteiger partial charge in [-0.15, -0.1) is 0 Å². The molecule has 1 aliphatic rings. The molecule has 2 heterocycles. The number of fused-ring (bicyclic) bond motifs is 1. The van der Waals surface area contributed by atoms with Crippen LogP contribution in [0.2, 0.25) is 0 Å². The second-order valence-electron chi connectivity index (χ2n) is 8.92. The van der Waals surface area contributed by atoms with Crippen molar-refractivity contribution >= 4 is 23.3 Å². The van der Waals surface area contributed by atoms with E-state index in [2.05, 4.69) is 55.5 Å². The van der Waals surface area contributed by atoms with Gasteiger partial charge in [-0.05, 0) is 28.7 Å². The lowest BCUT2D eigenvalue weighted by atomic mass is 9.87. The Labute approximate surface area is 188 Å². The summed E-state index contributed by atoms with van der Waals surface area (Å²) in [5.41, 5.74) is 3.06. The van der Waals surface area contributed by atoms with Crippen molar-refractivity contribution in [2.75, 3.05) is 23.4 Å². The first-order chi connectivity index (χ1) is 15.3. The molecule has 0 saturated carbocycles. The van der Waals surface area contributed by atoms with E-state index in [9.17, 15) is 9.59 Å². The first kappa shape index (κ1) is 21.6. The number of benzene rings is 2. The second-order valence-corrected chi connectivity index (χ2v) is 8.92. The van der Waals surface area contributed by atoms with E-state index < -0.39 is 0 Å². The lowest BCUT2D eigenvalue weighted by Gasteiger charge is -2.21. The largest absolute Gasteiger partial charge is 0.491 e. The molecule has 7 nitrogen and oxygen atoms in total. The number of para-hydroxylation sites is 2. The topological polar surface area (TPSA) is 76.5 Å². The molecule has 1 N–H and O–H groups in total. The van der Waals surface area contributed by atoms with Gasteiger partial charge >= 0.3 is 0 Å². The first-order valence-corrected chi connectivity index (χ1v) is 10.7. The molecule has 0 unspecified atom stereocenters. The number of ether oxygens (including phenoxy) is 1. The van der Waals surface area contributed by atoms with Crippen LogP contribution in [-0.4, -0.2) is 34.7 Å². The lowest BCUT2D eigenvalue weighted by Crippen LogP contribution is -2.38. The van der Waals surface area contributed by atoms with Crippen molar-refractivity contribution in [1.82, 2.24) is 9.78 Å². The molecular formula is C25H28N4O3. The van der Waals surface area contributed by atoms with Crippen LogP contribution in [0.5, 0.6) is 5.75 Å². The normalized spacial score (nSPS) is 13.8. The SMILES string of the molecule is CC(C)(C)c1ccc(Cn2nccc2NC(=O)CN2C(=O)CCOc3ccccc32)cc1. The Kier molecular flexibility index (Phi) is 5.99. The molecular weight excluding hydrogens is 404 g/mol. The standard InChI is InChI=1S/C25H28N4O3/c1-25(2,3)19-10-8-18(9-11-19)16-29-22(12-14-26-29)27-23(30)17-28-20-6-4-5-7-21(20)32-15-13-24(28)31/h4-12,14H,13,15-17H2,1-3H3,(H,27,30). The molecule has 0 spiro atoms. The summed E-state index contributed by atoms with van der Waals surface area (Å²) < 4.78 is 7.38. The minimum absolute atomic E-state index is 0.0926. The minimum atomic E-state index is -0.292. The second kappa shape index (κ2) is 8.86. The number of nitrogens with zero attached hydrogens (tertiary/aromatic N) is 3. The van der Waals surface area contributed by atoms with Crippen molar-refractivity contribution in [2.24, 2.45) is 0 Å². The van der Waals surface area contributed by atoms with Crippen LogP contribution >= 0.6 is 0 Å². The molecule has 0 radical (unpaired) electrons. The van der Waals surface area contributed by atoms with Crippen LogP contribution in [0.25, 0.3) is 0 Å². The Bertz CT molecular complexity index is 1110. The van der Waals surface area contributed by atoms with E-state index >= 15 is 0 Å². The number of hydrogen-bond acceptors (Lipinski definition) is 4. The van der Waals surface area contributed by atoms with Crippen LogP contribution in [0.1, 0.15) is 38.3 Å². The average molecular weight is 433 g/mol. The van der Waals surface area contributed by atoms with E-state index in [0.29, 0.717) is 30.4 Å². The van der Waals surface area contributed by atoms with Gasteiger partial charge in [0.15, 0.2) is 0 Å². The molecule has 0 saturated heterocycles. The zero-order valence-corrected chi connectivity index (χ0v) is 18.7. The Hall–Kier alpha value is -3.61. The molecule has 7 heteroatoms. The van der Waals surface area contributed by atoms with Gasteiger partial charge in [0.25, 0.3) is 0 Å². The molecule has 1 aliphatic heterocycles. The third-order valence-electron chi connectivity index (χ3n) is 5.47. The van der Waals surface area contributed by atoms with Crippen molar-refractivity contribution in [1.29, 1.82) is 0 Å². The fraction of sp³-hybridized carbons (Fsp3) is 0.320. The maximum atomic E-state index is 12.8. The number of carbonyl (C=O) groups is 2. The summed E-state index contributed by atoms with van der Waals surface area (Å²) in [5, 5.41) is 7.24. The van der Waals surface area contributed by atoms with E-state index in [-0.39, 0.29) is 30.2 Å². The number of carbonyl (C=O) groups excluding carboxylic acids is 2. The van der Waals surface area contributed by atoms with Gasteiger partial charge in [-0.2, -0.15) is 5.10 Å². The number of anilines is 2. The fourth-order valence-corrected chi connectivity index (χ4v) is 3.67. The summed E-state index contributed by atoms with van der Waals surface area (Å²) in [6, 6.07) is 17.4. The Morgan fingerprint density at radius 2 is 1.84 bits per heavy atom. The summed E-state index contributed by atoms with van der Waals surface area (Å²) in [6.07, 6.45) is 1.88. The van der Waals surface area contributed by atoms with E-state index in [0.717, 1.165) is 5.56 Å². The lowest BCUT2D eigenvalue weighted by molar-refractivity contribution is -0.121. The molecule has 0 fully saturated rings. The van der Waals surface area contributed by atoms with Crippen molar-refractivity contribution in [2.45, 2.75) is 39.2 Å². The Morgan fingerprint density at radius 1 is 1.09 bits per heavy atom. The molecule has 2 aromatic carbocycles. The maximum Gasteiger partial charge on any atom is 0.245 e. The van der Waals surface area contributed by atoms with E-state index in [1.807, 2.05) is 12.1 Å². The third-order valence-corrected chi connectivity index (χ3v) is 5.47. The number of hydrogen-bond donors (Lipinski definition) is 1. The van der Waals surface area contributed by atoms with Crippen LogP contribution < -0.4 is 15.0 Å².